The molecule has 0 unspecified atom stereocenters. The second kappa shape index (κ2) is 8.84. The quantitative estimate of drug-likeness (QED) is 0.659. The summed E-state index contributed by atoms with van der Waals surface area (Å²) >= 11 is 0. The van der Waals surface area contributed by atoms with Gasteiger partial charge in [-0.2, -0.15) is 0 Å². The third kappa shape index (κ3) is 5.05. The average molecular weight is 346 g/mol. The van der Waals surface area contributed by atoms with E-state index in [1.807, 2.05) is 24.3 Å². The van der Waals surface area contributed by atoms with Crippen LogP contribution in [0.2, 0.25) is 0 Å². The number of rotatable bonds is 8. The van der Waals surface area contributed by atoms with Gasteiger partial charge in [-0.05, 0) is 24.3 Å². The minimum atomic E-state index is -0.297. The van der Waals surface area contributed by atoms with Crippen molar-refractivity contribution in [3.8, 4) is 17.0 Å². The number of aliphatic hydroxyl groups excluding tert-OH is 1. The van der Waals surface area contributed by atoms with Crippen LogP contribution in [0.25, 0.3) is 11.3 Å². The van der Waals surface area contributed by atoms with Crippen LogP contribution in [0, 0.1) is 0 Å². The van der Waals surface area contributed by atoms with E-state index in [0.29, 0.717) is 5.95 Å². The lowest BCUT2D eigenvalue weighted by atomic mass is 10.1. The van der Waals surface area contributed by atoms with Gasteiger partial charge in [0.05, 0.1) is 25.6 Å². The molecule has 8 nitrogen and oxygen atoms in total. The Morgan fingerprint density at radius 2 is 1.88 bits per heavy atom. The predicted octanol–water partition coefficient (Wildman–Crippen LogP) is 0.923. The van der Waals surface area contributed by atoms with E-state index in [4.69, 9.17) is 9.84 Å². The Morgan fingerprint density at radius 3 is 2.52 bits per heavy atom. The van der Waals surface area contributed by atoms with E-state index >= 15 is 0 Å². The van der Waals surface area contributed by atoms with Crippen molar-refractivity contribution in [3.05, 3.63) is 30.5 Å². The summed E-state index contributed by atoms with van der Waals surface area (Å²) in [6, 6.07) is 7.52. The first-order chi connectivity index (χ1) is 12.0. The van der Waals surface area contributed by atoms with Crippen LogP contribution in [0.4, 0.5) is 5.95 Å². The molecule has 2 aromatic rings. The SMILES string of the molecule is COc1ccc(-c2cnc(NC(=O)CCC(=O)NCCO)n2C)cc1. The Kier molecular flexibility index (Phi) is 6.53. The Bertz CT molecular complexity index is 725. The molecule has 8 heteroatoms. The van der Waals surface area contributed by atoms with Gasteiger partial charge in [-0.15, -0.1) is 0 Å². The third-order valence-corrected chi connectivity index (χ3v) is 3.64. The van der Waals surface area contributed by atoms with Crippen LogP contribution >= 0.6 is 0 Å². The summed E-state index contributed by atoms with van der Waals surface area (Å²) < 4.78 is 6.91. The highest BCUT2D eigenvalue weighted by molar-refractivity contribution is 5.92. The van der Waals surface area contributed by atoms with Gasteiger partial charge in [-0.3, -0.25) is 14.9 Å². The molecule has 0 radical (unpaired) electrons. The molecule has 0 fully saturated rings. The number of hydrogen-bond acceptors (Lipinski definition) is 5. The Morgan fingerprint density at radius 1 is 1.20 bits per heavy atom. The van der Waals surface area contributed by atoms with Gasteiger partial charge in [0.25, 0.3) is 0 Å². The van der Waals surface area contributed by atoms with Gasteiger partial charge in [0.2, 0.25) is 17.8 Å². The number of imidazole rings is 1. The van der Waals surface area contributed by atoms with Crippen molar-refractivity contribution in [2.75, 3.05) is 25.6 Å². The van der Waals surface area contributed by atoms with Crippen LogP contribution in [-0.4, -0.2) is 46.7 Å². The number of aromatic nitrogens is 2. The number of ether oxygens (including phenoxy) is 1. The topological polar surface area (TPSA) is 105 Å². The molecule has 0 aliphatic heterocycles. The van der Waals surface area contributed by atoms with Crippen LogP contribution in [0.5, 0.6) is 5.75 Å². The molecule has 3 N–H and O–H groups in total. The smallest absolute Gasteiger partial charge is 0.227 e. The van der Waals surface area contributed by atoms with Crippen molar-refractivity contribution >= 4 is 17.8 Å². The van der Waals surface area contributed by atoms with Crippen LogP contribution in [0.3, 0.4) is 0 Å². The summed E-state index contributed by atoms with van der Waals surface area (Å²) in [4.78, 5) is 27.6. The molecule has 0 atom stereocenters. The standard InChI is InChI=1S/C17H22N4O4/c1-21-14(12-3-5-13(25-2)6-4-12)11-19-17(21)20-16(24)8-7-15(23)18-9-10-22/h3-6,11,22H,7-10H2,1-2H3,(H,18,23)(H,19,20,24). The number of hydrogen-bond donors (Lipinski definition) is 3. The maximum atomic E-state index is 12.0. The molecule has 2 amide bonds. The Labute approximate surface area is 145 Å². The highest BCUT2D eigenvalue weighted by Gasteiger charge is 2.12. The monoisotopic (exact) mass is 346 g/mol. The first-order valence-electron chi connectivity index (χ1n) is 7.88. The first-order valence-corrected chi connectivity index (χ1v) is 7.88. The summed E-state index contributed by atoms with van der Waals surface area (Å²) in [7, 11) is 3.41. The maximum Gasteiger partial charge on any atom is 0.227 e. The first kappa shape index (κ1) is 18.5. The molecule has 1 aromatic carbocycles. The minimum absolute atomic E-state index is 0.0436. The van der Waals surface area contributed by atoms with Crippen LogP contribution in [0.15, 0.2) is 30.5 Å². The van der Waals surface area contributed by atoms with Crippen molar-refractivity contribution in [3.63, 3.8) is 0 Å². The number of anilines is 1. The van der Waals surface area contributed by atoms with Gasteiger partial charge in [0.15, 0.2) is 0 Å². The number of nitrogens with one attached hydrogen (secondary N) is 2. The van der Waals surface area contributed by atoms with E-state index in [0.717, 1.165) is 17.0 Å². The fourth-order valence-corrected chi connectivity index (χ4v) is 2.25. The largest absolute Gasteiger partial charge is 0.497 e. The Hall–Kier alpha value is -2.87. The van der Waals surface area contributed by atoms with E-state index in [-0.39, 0.29) is 37.8 Å². The normalized spacial score (nSPS) is 10.4. The number of nitrogens with zero attached hydrogens (tertiary/aromatic N) is 2. The second-order valence-electron chi connectivity index (χ2n) is 5.38. The molecule has 0 spiro atoms. The maximum absolute atomic E-state index is 12.0. The van der Waals surface area contributed by atoms with Crippen molar-refractivity contribution in [1.82, 2.24) is 14.9 Å². The number of methoxy groups -OCH3 is 1. The fourth-order valence-electron chi connectivity index (χ4n) is 2.25. The fraction of sp³-hybridized carbons (Fsp3) is 0.353. The van der Waals surface area contributed by atoms with Crippen LogP contribution in [0.1, 0.15) is 12.8 Å². The molecule has 0 aliphatic carbocycles. The molecule has 0 saturated heterocycles. The number of aliphatic hydroxyl groups is 1. The summed E-state index contributed by atoms with van der Waals surface area (Å²) in [5, 5.41) is 13.8. The van der Waals surface area contributed by atoms with Crippen LogP contribution < -0.4 is 15.4 Å². The van der Waals surface area contributed by atoms with Gasteiger partial charge < -0.3 is 19.7 Å². The van der Waals surface area contributed by atoms with Gasteiger partial charge >= 0.3 is 0 Å². The number of amides is 2. The number of carbonyl (C=O) groups is 2. The highest BCUT2D eigenvalue weighted by Crippen LogP contribution is 2.24. The molecule has 1 aromatic heterocycles. The molecule has 0 aliphatic rings. The van der Waals surface area contributed by atoms with Gasteiger partial charge in [0.1, 0.15) is 5.75 Å². The predicted molar refractivity (Wildman–Crippen MR) is 93.2 cm³/mol. The molecule has 2 rings (SSSR count). The minimum Gasteiger partial charge on any atom is -0.497 e. The van der Waals surface area contributed by atoms with Crippen molar-refractivity contribution in [1.29, 1.82) is 0 Å². The molecular weight excluding hydrogens is 324 g/mol. The van der Waals surface area contributed by atoms with Crippen molar-refractivity contribution in [2.45, 2.75) is 12.8 Å². The zero-order valence-corrected chi connectivity index (χ0v) is 14.3. The lowest BCUT2D eigenvalue weighted by molar-refractivity contribution is -0.124. The summed E-state index contributed by atoms with van der Waals surface area (Å²) in [5.41, 5.74) is 1.79. The molecule has 0 bridgehead atoms. The summed E-state index contributed by atoms with van der Waals surface area (Å²) in [5.74, 6) is 0.600. The van der Waals surface area contributed by atoms with E-state index in [1.54, 1.807) is 24.9 Å². The summed E-state index contributed by atoms with van der Waals surface area (Å²) in [6.07, 6.45) is 1.77. The summed E-state index contributed by atoms with van der Waals surface area (Å²) in [6.45, 7) is 0.0599. The van der Waals surface area contributed by atoms with Gasteiger partial charge in [-0.1, -0.05) is 0 Å². The van der Waals surface area contributed by atoms with E-state index < -0.39 is 0 Å². The van der Waals surface area contributed by atoms with Gasteiger partial charge in [0, 0.05) is 32.0 Å². The molecular formula is C17H22N4O4. The van der Waals surface area contributed by atoms with Crippen molar-refractivity contribution < 1.29 is 19.4 Å². The van der Waals surface area contributed by atoms with E-state index in [9.17, 15) is 9.59 Å². The zero-order valence-electron chi connectivity index (χ0n) is 14.3. The van der Waals surface area contributed by atoms with E-state index in [2.05, 4.69) is 15.6 Å². The van der Waals surface area contributed by atoms with Gasteiger partial charge in [-0.25, -0.2) is 4.98 Å². The molecule has 25 heavy (non-hydrogen) atoms. The molecule has 1 heterocycles. The van der Waals surface area contributed by atoms with Crippen molar-refractivity contribution in [2.24, 2.45) is 7.05 Å². The zero-order chi connectivity index (χ0) is 18.2. The lowest BCUT2D eigenvalue weighted by Crippen LogP contribution is -2.27. The number of carbonyl (C=O) groups excluding carboxylic acids is 2. The second-order valence-corrected chi connectivity index (χ2v) is 5.38. The Balaban J connectivity index is 1.96. The van der Waals surface area contributed by atoms with Crippen LogP contribution in [-0.2, 0) is 16.6 Å². The number of benzene rings is 1. The average Bonchev–Trinajstić information content (AvgIpc) is 2.98. The lowest BCUT2D eigenvalue weighted by Gasteiger charge is -2.08. The van der Waals surface area contributed by atoms with E-state index in [1.165, 1.54) is 0 Å². The highest BCUT2D eigenvalue weighted by atomic mass is 16.5. The molecule has 0 saturated carbocycles. The third-order valence-electron chi connectivity index (χ3n) is 3.64. The molecule has 134 valence electrons.